The molecule has 4 aromatic rings. The van der Waals surface area contributed by atoms with Crippen LogP contribution in [0.1, 0.15) is 32.9 Å². The molecule has 0 bridgehead atoms. The maximum absolute atomic E-state index is 12.4. The number of aromatic amines is 1. The van der Waals surface area contributed by atoms with Crippen molar-refractivity contribution in [3.05, 3.63) is 24.3 Å². The number of hydrogen-bond acceptors (Lipinski definition) is 8. The number of amides is 1. The molecular formula is C22H26N8O3. The number of fused-ring (bicyclic) bond motifs is 2. The zero-order valence-electron chi connectivity index (χ0n) is 19.3. The maximum Gasteiger partial charge on any atom is 0.410 e. The smallest absolute Gasteiger partial charge is 0.410 e. The number of ether oxygens (including phenoxy) is 2. The molecule has 1 fully saturated rings. The van der Waals surface area contributed by atoms with Crippen molar-refractivity contribution in [1.82, 2.24) is 39.6 Å². The lowest BCUT2D eigenvalue weighted by atomic mass is 10.2. The van der Waals surface area contributed by atoms with Crippen LogP contribution in [0, 0.1) is 6.92 Å². The molecule has 1 saturated heterocycles. The number of rotatable bonds is 3. The van der Waals surface area contributed by atoms with Crippen molar-refractivity contribution >= 4 is 28.3 Å². The molecule has 0 radical (unpaired) electrons. The number of likely N-dealkylation sites (tertiary alicyclic amines) is 1. The lowest BCUT2D eigenvalue weighted by Gasteiger charge is -2.24. The van der Waals surface area contributed by atoms with E-state index in [4.69, 9.17) is 14.5 Å². The van der Waals surface area contributed by atoms with E-state index in [0.717, 1.165) is 16.6 Å². The number of nitrogens with one attached hydrogen (secondary N) is 1. The van der Waals surface area contributed by atoms with Crippen LogP contribution in [-0.2, 0) is 11.8 Å². The standard InChI is InChI=1S/C22H26N8O3/c1-12-15-8-13(9-23-17(15)28-27-12)18-26-16-19(29(18)5)24-11-25-20(16)32-14-6-7-30(10-14)21(31)33-22(2,3)4/h8-9,11,14H,6-7,10H2,1-5H3,(H,23,27,28)/t14-/m0/s1. The molecule has 5 heterocycles. The Hall–Kier alpha value is -3.76. The molecule has 33 heavy (non-hydrogen) atoms. The van der Waals surface area contributed by atoms with Crippen molar-refractivity contribution in [3.63, 3.8) is 0 Å². The van der Waals surface area contributed by atoms with Gasteiger partial charge in [0.1, 0.15) is 23.9 Å². The highest BCUT2D eigenvalue weighted by molar-refractivity contribution is 5.85. The third-order valence-corrected chi connectivity index (χ3v) is 5.56. The minimum absolute atomic E-state index is 0.201. The van der Waals surface area contributed by atoms with Crippen LogP contribution in [0.25, 0.3) is 33.6 Å². The fourth-order valence-electron chi connectivity index (χ4n) is 3.94. The Labute approximate surface area is 190 Å². The molecule has 1 aliphatic heterocycles. The van der Waals surface area contributed by atoms with Gasteiger partial charge >= 0.3 is 6.09 Å². The maximum atomic E-state index is 12.4. The van der Waals surface area contributed by atoms with Crippen LogP contribution in [0.4, 0.5) is 4.79 Å². The van der Waals surface area contributed by atoms with Crippen molar-refractivity contribution in [2.75, 3.05) is 13.1 Å². The monoisotopic (exact) mass is 450 g/mol. The highest BCUT2D eigenvalue weighted by Crippen LogP contribution is 2.29. The van der Waals surface area contributed by atoms with Gasteiger partial charge in [-0.1, -0.05) is 0 Å². The van der Waals surface area contributed by atoms with E-state index < -0.39 is 5.60 Å². The molecule has 5 rings (SSSR count). The largest absolute Gasteiger partial charge is 0.471 e. The van der Waals surface area contributed by atoms with Crippen LogP contribution in [0.5, 0.6) is 5.88 Å². The predicted octanol–water partition coefficient (Wildman–Crippen LogP) is 3.00. The normalized spacial score (nSPS) is 16.6. The van der Waals surface area contributed by atoms with Crippen molar-refractivity contribution in [2.45, 2.75) is 45.8 Å². The van der Waals surface area contributed by atoms with Crippen LogP contribution >= 0.6 is 0 Å². The zero-order valence-corrected chi connectivity index (χ0v) is 19.3. The second-order valence-electron chi connectivity index (χ2n) is 9.24. The molecule has 0 spiro atoms. The van der Waals surface area contributed by atoms with E-state index in [1.165, 1.54) is 6.33 Å². The summed E-state index contributed by atoms with van der Waals surface area (Å²) in [5, 5.41) is 8.08. The first-order valence-electron chi connectivity index (χ1n) is 10.8. The molecule has 1 atom stereocenters. The third kappa shape index (κ3) is 3.94. The van der Waals surface area contributed by atoms with Crippen LogP contribution in [0.2, 0.25) is 0 Å². The molecule has 1 aliphatic rings. The van der Waals surface area contributed by atoms with Gasteiger partial charge in [0.05, 0.1) is 6.54 Å². The van der Waals surface area contributed by atoms with E-state index in [2.05, 4.69) is 25.1 Å². The summed E-state index contributed by atoms with van der Waals surface area (Å²) in [7, 11) is 1.90. The van der Waals surface area contributed by atoms with E-state index in [1.54, 1.807) is 11.1 Å². The van der Waals surface area contributed by atoms with Gasteiger partial charge in [-0.05, 0) is 33.8 Å². The second-order valence-corrected chi connectivity index (χ2v) is 9.24. The van der Waals surface area contributed by atoms with Gasteiger partial charge in [-0.25, -0.2) is 19.7 Å². The number of carbonyl (C=O) groups is 1. The second kappa shape index (κ2) is 7.68. The Balaban J connectivity index is 1.41. The molecule has 4 aromatic heterocycles. The number of nitrogens with zero attached hydrogens (tertiary/aromatic N) is 7. The fourth-order valence-corrected chi connectivity index (χ4v) is 3.94. The third-order valence-electron chi connectivity index (χ3n) is 5.56. The van der Waals surface area contributed by atoms with Crippen molar-refractivity contribution in [1.29, 1.82) is 0 Å². The summed E-state index contributed by atoms with van der Waals surface area (Å²) in [6.07, 6.45) is 3.36. The molecule has 11 nitrogen and oxygen atoms in total. The summed E-state index contributed by atoms with van der Waals surface area (Å²) in [5.74, 6) is 1.10. The average Bonchev–Trinajstić information content (AvgIpc) is 3.46. The molecule has 1 amide bonds. The van der Waals surface area contributed by atoms with Crippen molar-refractivity contribution in [2.24, 2.45) is 7.05 Å². The van der Waals surface area contributed by atoms with Crippen LogP contribution in [0.15, 0.2) is 18.6 Å². The van der Waals surface area contributed by atoms with E-state index in [-0.39, 0.29) is 12.2 Å². The number of aryl methyl sites for hydroxylation is 2. The Kier molecular flexibility index (Phi) is 4.91. The number of pyridine rings is 1. The number of aromatic nitrogens is 7. The molecular weight excluding hydrogens is 424 g/mol. The average molecular weight is 451 g/mol. The first-order valence-corrected chi connectivity index (χ1v) is 10.8. The number of imidazole rings is 1. The lowest BCUT2D eigenvalue weighted by molar-refractivity contribution is 0.0275. The molecule has 1 N–H and O–H groups in total. The van der Waals surface area contributed by atoms with Crippen LogP contribution in [-0.4, -0.2) is 70.5 Å². The fraction of sp³-hybridized carbons (Fsp3) is 0.455. The first kappa shape index (κ1) is 21.1. The van der Waals surface area contributed by atoms with Gasteiger partial charge in [0.25, 0.3) is 0 Å². The van der Waals surface area contributed by atoms with Crippen LogP contribution < -0.4 is 4.74 Å². The summed E-state index contributed by atoms with van der Waals surface area (Å²) in [5.41, 5.74) is 3.13. The van der Waals surface area contributed by atoms with Gasteiger partial charge in [0, 0.05) is 42.9 Å². The topological polar surface area (TPSA) is 124 Å². The summed E-state index contributed by atoms with van der Waals surface area (Å²) >= 11 is 0. The molecule has 0 aliphatic carbocycles. The highest BCUT2D eigenvalue weighted by atomic mass is 16.6. The van der Waals surface area contributed by atoms with Crippen molar-refractivity contribution < 1.29 is 14.3 Å². The SMILES string of the molecule is Cc1[nH]nc2ncc(-c3nc4c(O[C@H]5CCN(C(=O)OC(C)(C)C)C5)ncnc4n3C)cc12. The molecule has 0 saturated carbocycles. The minimum atomic E-state index is -0.536. The Morgan fingerprint density at radius 3 is 2.85 bits per heavy atom. The Bertz CT molecular complexity index is 1350. The van der Waals surface area contributed by atoms with Gasteiger partial charge in [-0.2, -0.15) is 10.1 Å². The summed E-state index contributed by atoms with van der Waals surface area (Å²) in [6.45, 7) is 8.51. The summed E-state index contributed by atoms with van der Waals surface area (Å²) < 4.78 is 13.5. The van der Waals surface area contributed by atoms with Gasteiger partial charge < -0.3 is 18.9 Å². The van der Waals surface area contributed by atoms with Gasteiger partial charge in [0.2, 0.25) is 5.88 Å². The van der Waals surface area contributed by atoms with Gasteiger partial charge in [0.15, 0.2) is 16.8 Å². The Morgan fingerprint density at radius 2 is 2.06 bits per heavy atom. The summed E-state index contributed by atoms with van der Waals surface area (Å²) in [6, 6.07) is 2.01. The van der Waals surface area contributed by atoms with Gasteiger partial charge in [-0.3, -0.25) is 5.10 Å². The predicted molar refractivity (Wildman–Crippen MR) is 121 cm³/mol. The van der Waals surface area contributed by atoms with Crippen LogP contribution in [0.3, 0.4) is 0 Å². The van der Waals surface area contributed by atoms with E-state index >= 15 is 0 Å². The molecule has 0 aromatic carbocycles. The highest BCUT2D eigenvalue weighted by Gasteiger charge is 2.32. The van der Waals surface area contributed by atoms with E-state index in [9.17, 15) is 4.79 Å². The van der Waals surface area contributed by atoms with E-state index in [1.807, 2.05) is 45.4 Å². The van der Waals surface area contributed by atoms with E-state index in [0.29, 0.717) is 48.0 Å². The van der Waals surface area contributed by atoms with Gasteiger partial charge in [-0.15, -0.1) is 0 Å². The molecule has 172 valence electrons. The molecule has 0 unspecified atom stereocenters. The minimum Gasteiger partial charge on any atom is -0.471 e. The number of H-pyrrole nitrogens is 1. The quantitative estimate of drug-likeness (QED) is 0.505. The molecule has 11 heteroatoms. The zero-order chi connectivity index (χ0) is 23.3. The summed E-state index contributed by atoms with van der Waals surface area (Å²) in [4.78, 5) is 32.0. The number of carbonyl (C=O) groups excluding carboxylic acids is 1. The Morgan fingerprint density at radius 1 is 1.24 bits per heavy atom. The lowest BCUT2D eigenvalue weighted by Crippen LogP contribution is -2.36. The first-order chi connectivity index (χ1) is 15.7. The van der Waals surface area contributed by atoms with Crippen molar-refractivity contribution in [3.8, 4) is 17.3 Å². The number of hydrogen-bond donors (Lipinski definition) is 1.